The summed E-state index contributed by atoms with van der Waals surface area (Å²) in [5.41, 5.74) is -2.62. The third kappa shape index (κ3) is 11.4. The zero-order chi connectivity index (χ0) is 36.2. The van der Waals surface area contributed by atoms with Gasteiger partial charge in [-0.05, 0) is 46.7 Å². The zero-order valence-corrected chi connectivity index (χ0v) is 28.9. The molecule has 0 fully saturated rings. The normalized spacial score (nSPS) is 15.5. The lowest BCUT2D eigenvalue weighted by Crippen LogP contribution is -2.62. The van der Waals surface area contributed by atoms with Crippen molar-refractivity contribution in [2.45, 2.75) is 73.1 Å². The zero-order valence-electron chi connectivity index (χ0n) is 27.9. The van der Waals surface area contributed by atoms with E-state index in [0.717, 1.165) is 0 Å². The maximum absolute atomic E-state index is 14.2. The van der Waals surface area contributed by atoms with Gasteiger partial charge in [-0.15, -0.1) is 0 Å². The molecule has 5 atom stereocenters. The number of hydrogen-bond acceptors (Lipinski definition) is 19. The van der Waals surface area contributed by atoms with Gasteiger partial charge in [0.1, 0.15) is 0 Å². The van der Waals surface area contributed by atoms with Gasteiger partial charge in [0.05, 0.1) is 18.3 Å². The summed E-state index contributed by atoms with van der Waals surface area (Å²) in [7, 11) is -3.13. The number of nitrogens with zero attached hydrogens (tertiary/aromatic N) is 1. The lowest BCUT2D eigenvalue weighted by atomic mass is 9.62. The highest BCUT2D eigenvalue weighted by atomic mass is 28.4. The Kier molecular flexibility index (Phi) is 21.3. The summed E-state index contributed by atoms with van der Waals surface area (Å²) in [5, 5.41) is 12.8. The van der Waals surface area contributed by atoms with Crippen LogP contribution in [0.5, 0.6) is 0 Å². The van der Waals surface area contributed by atoms with Gasteiger partial charge in [-0.3, -0.25) is 29.3 Å². The van der Waals surface area contributed by atoms with E-state index in [1.165, 1.54) is 11.8 Å². The molecule has 0 aliphatic rings. The van der Waals surface area contributed by atoms with E-state index in [9.17, 15) is 29.2 Å². The molecule has 0 aromatic carbocycles. The van der Waals surface area contributed by atoms with E-state index < -0.39 is 80.8 Å². The second kappa shape index (κ2) is 22.7. The standard InChI is InChI=1S/C26H52N6O14Si/c1-7-26(25(37)45-30,24(36)31-14-13-15-47(39-10-4,40-11-5)41-12-6)20(23(35)44-29)19(21(46-38)32(8-2)9-3)17(22(34)43-28)16-18(33)42-27/h17,19-21,38H,7-16,27-30H2,1-6H3,(H,31,36)/t17-,19?,20+,21?,26?/m0/s1. The van der Waals surface area contributed by atoms with Crippen molar-refractivity contribution in [2.75, 3.05) is 39.5 Å². The molecule has 0 heterocycles. The number of amides is 1. The van der Waals surface area contributed by atoms with E-state index in [2.05, 4.69) is 24.7 Å². The van der Waals surface area contributed by atoms with Gasteiger partial charge >= 0.3 is 32.7 Å². The first-order valence-electron chi connectivity index (χ1n) is 15.2. The molecule has 20 nitrogen and oxygen atoms in total. The van der Waals surface area contributed by atoms with E-state index in [1.807, 2.05) is 0 Å². The Morgan fingerprint density at radius 2 is 1.34 bits per heavy atom. The fourth-order valence-corrected chi connectivity index (χ4v) is 8.28. The largest absolute Gasteiger partial charge is 0.500 e. The van der Waals surface area contributed by atoms with Crippen LogP contribution in [-0.2, 0) is 61.5 Å². The highest BCUT2D eigenvalue weighted by Gasteiger charge is 2.63. The average Bonchev–Trinajstić information content (AvgIpc) is 3.07. The van der Waals surface area contributed by atoms with Crippen molar-refractivity contribution in [2.24, 2.45) is 46.8 Å². The molecule has 0 aliphatic heterocycles. The van der Waals surface area contributed by atoms with Crippen molar-refractivity contribution in [1.29, 1.82) is 0 Å². The van der Waals surface area contributed by atoms with Crippen LogP contribution in [-0.4, -0.2) is 94.4 Å². The molecular formula is C26H52N6O14Si. The van der Waals surface area contributed by atoms with Crippen molar-refractivity contribution in [1.82, 2.24) is 10.2 Å². The van der Waals surface area contributed by atoms with E-state index in [1.54, 1.807) is 34.6 Å². The van der Waals surface area contributed by atoms with Gasteiger partial charge in [-0.2, -0.15) is 23.6 Å². The number of nitrogens with two attached hydrogens (primary N) is 4. The Morgan fingerprint density at radius 1 is 0.809 bits per heavy atom. The summed E-state index contributed by atoms with van der Waals surface area (Å²) in [5.74, 6) is 8.40. The van der Waals surface area contributed by atoms with Crippen LogP contribution in [0.2, 0.25) is 6.04 Å². The first-order valence-corrected chi connectivity index (χ1v) is 17.2. The first kappa shape index (κ1) is 44.2. The summed E-state index contributed by atoms with van der Waals surface area (Å²) in [6, 6.07) is 0.272. The Bertz CT molecular complexity index is 977. The summed E-state index contributed by atoms with van der Waals surface area (Å²) < 4.78 is 17.5. The Hall–Kier alpha value is -2.83. The molecule has 0 aromatic rings. The molecule has 0 rings (SSSR count). The van der Waals surface area contributed by atoms with Crippen molar-refractivity contribution < 1.29 is 66.7 Å². The molecule has 47 heavy (non-hydrogen) atoms. The van der Waals surface area contributed by atoms with E-state index in [0.29, 0.717) is 19.8 Å². The summed E-state index contributed by atoms with van der Waals surface area (Å²) >= 11 is 0. The third-order valence-electron chi connectivity index (χ3n) is 7.77. The minimum Gasteiger partial charge on any atom is -0.374 e. The first-order chi connectivity index (χ1) is 22.4. The van der Waals surface area contributed by atoms with Crippen molar-refractivity contribution in [3.05, 3.63) is 0 Å². The summed E-state index contributed by atoms with van der Waals surface area (Å²) in [6.07, 6.45) is -2.91. The number of rotatable bonds is 25. The molecule has 0 saturated carbocycles. The van der Waals surface area contributed by atoms with Crippen LogP contribution in [0, 0.1) is 23.2 Å². The van der Waals surface area contributed by atoms with Crippen LogP contribution >= 0.6 is 0 Å². The minimum absolute atomic E-state index is 0.0980. The van der Waals surface area contributed by atoms with Crippen LogP contribution in [0.15, 0.2) is 0 Å². The highest BCUT2D eigenvalue weighted by molar-refractivity contribution is 6.60. The maximum Gasteiger partial charge on any atom is 0.500 e. The monoisotopic (exact) mass is 700 g/mol. The van der Waals surface area contributed by atoms with Gasteiger partial charge in [0, 0.05) is 38.3 Å². The predicted octanol–water partition coefficient (Wildman–Crippen LogP) is -0.999. The van der Waals surface area contributed by atoms with Gasteiger partial charge < -0.3 is 37.9 Å². The van der Waals surface area contributed by atoms with E-state index in [-0.39, 0.29) is 32.1 Å². The van der Waals surface area contributed by atoms with Gasteiger partial charge in [0.15, 0.2) is 11.6 Å². The average molecular weight is 701 g/mol. The molecule has 3 unspecified atom stereocenters. The maximum atomic E-state index is 14.2. The number of nitrogens with one attached hydrogen (secondary N) is 1. The smallest absolute Gasteiger partial charge is 0.374 e. The predicted molar refractivity (Wildman–Crippen MR) is 162 cm³/mol. The second-order valence-electron chi connectivity index (χ2n) is 10.0. The molecule has 0 saturated heterocycles. The van der Waals surface area contributed by atoms with Crippen LogP contribution in [0.4, 0.5) is 0 Å². The number of carbonyl (C=O) groups excluding carboxylic acids is 5. The molecule has 0 spiro atoms. The lowest BCUT2D eigenvalue weighted by Gasteiger charge is -2.44. The van der Waals surface area contributed by atoms with Crippen molar-refractivity contribution >= 4 is 38.6 Å². The molecule has 0 aliphatic carbocycles. The minimum atomic E-state index is -3.13. The lowest BCUT2D eigenvalue weighted by molar-refractivity contribution is -0.334. The second-order valence-corrected chi connectivity index (χ2v) is 12.8. The molecule has 21 heteroatoms. The molecule has 0 radical (unpaired) electrons. The van der Waals surface area contributed by atoms with Crippen LogP contribution in [0.3, 0.4) is 0 Å². The molecule has 10 N–H and O–H groups in total. The molecule has 0 bridgehead atoms. The van der Waals surface area contributed by atoms with Gasteiger partial charge in [-0.25, -0.2) is 9.68 Å². The fourth-order valence-electron chi connectivity index (χ4n) is 5.67. The van der Waals surface area contributed by atoms with Crippen molar-refractivity contribution in [3.8, 4) is 0 Å². The molecule has 0 aromatic heterocycles. The van der Waals surface area contributed by atoms with Crippen LogP contribution < -0.4 is 28.9 Å². The van der Waals surface area contributed by atoms with E-state index >= 15 is 0 Å². The Balaban J connectivity index is 7.32. The third-order valence-corrected chi connectivity index (χ3v) is 10.9. The fraction of sp³-hybridized carbons (Fsp3) is 0.808. The quantitative estimate of drug-likeness (QED) is 0.0166. The summed E-state index contributed by atoms with van der Waals surface area (Å²) in [4.78, 5) is 90.8. The molecular weight excluding hydrogens is 648 g/mol. The Morgan fingerprint density at radius 3 is 1.72 bits per heavy atom. The molecule has 274 valence electrons. The highest BCUT2D eigenvalue weighted by Crippen LogP contribution is 2.45. The Labute approximate surface area is 275 Å². The van der Waals surface area contributed by atoms with Gasteiger partial charge in [-0.1, -0.05) is 20.8 Å². The number of carbonyl (C=O) groups is 5. The van der Waals surface area contributed by atoms with Gasteiger partial charge in [0.2, 0.25) is 5.91 Å². The summed E-state index contributed by atoms with van der Waals surface area (Å²) in [6.45, 7) is 11.0. The topological polar surface area (TPSA) is 299 Å². The number of hydrogen-bond donors (Lipinski definition) is 6. The molecule has 1 amide bonds. The van der Waals surface area contributed by atoms with E-state index in [4.69, 9.17) is 41.8 Å². The SMILES string of the molecule is CCO[Si](CCCNC(=O)C(CC)(C(=O)ON)[C@@H](C(=O)ON)C(C(OO)N(CC)CC)[C@H](CC(=O)ON)C(=O)ON)(OCC)OCC. The van der Waals surface area contributed by atoms with Crippen LogP contribution in [0.25, 0.3) is 0 Å². The van der Waals surface area contributed by atoms with Gasteiger partial charge in [0.25, 0.3) is 0 Å². The van der Waals surface area contributed by atoms with Crippen molar-refractivity contribution in [3.63, 3.8) is 0 Å². The van der Waals surface area contributed by atoms with Crippen LogP contribution in [0.1, 0.15) is 60.8 Å².